The Morgan fingerprint density at radius 2 is 1.55 bits per heavy atom. The first kappa shape index (κ1) is 12.7. The number of hydrogen-bond donors (Lipinski definition) is 1. The van der Waals surface area contributed by atoms with Gasteiger partial charge in [-0.05, 0) is 23.4 Å². The van der Waals surface area contributed by atoms with Gasteiger partial charge in [-0.1, -0.05) is 60.7 Å². The molecule has 0 aromatic heterocycles. The van der Waals surface area contributed by atoms with Crippen molar-refractivity contribution in [1.29, 1.82) is 0 Å². The van der Waals surface area contributed by atoms with E-state index in [4.69, 9.17) is 0 Å². The monoisotopic (exact) mass is 265 g/mol. The van der Waals surface area contributed by atoms with Gasteiger partial charge in [-0.15, -0.1) is 0 Å². The fourth-order valence-electron chi connectivity index (χ4n) is 2.40. The van der Waals surface area contributed by atoms with Crippen LogP contribution in [0.25, 0.3) is 10.8 Å². The molecule has 0 heterocycles. The lowest BCUT2D eigenvalue weighted by Crippen LogP contribution is -2.06. The number of anilines is 1. The summed E-state index contributed by atoms with van der Waals surface area (Å²) in [5.74, 6) is -0.197. The van der Waals surface area contributed by atoms with Gasteiger partial charge in [0.05, 0.1) is 5.69 Å². The summed E-state index contributed by atoms with van der Waals surface area (Å²) in [6.07, 6.45) is 0.878. The lowest BCUT2D eigenvalue weighted by atomic mass is 10.1. The highest BCUT2D eigenvalue weighted by atomic mass is 19.1. The molecule has 20 heavy (non-hydrogen) atoms. The zero-order chi connectivity index (χ0) is 13.8. The maximum atomic E-state index is 14.0. The largest absolute Gasteiger partial charge is 0.382 e. The van der Waals surface area contributed by atoms with Crippen LogP contribution in [0.2, 0.25) is 0 Å². The topological polar surface area (TPSA) is 12.0 Å². The molecule has 0 aliphatic carbocycles. The molecule has 3 aromatic rings. The third-order valence-corrected chi connectivity index (χ3v) is 3.44. The van der Waals surface area contributed by atoms with Gasteiger partial charge in [0, 0.05) is 11.9 Å². The summed E-state index contributed by atoms with van der Waals surface area (Å²) in [5, 5.41) is 5.21. The van der Waals surface area contributed by atoms with Gasteiger partial charge in [0.1, 0.15) is 5.82 Å². The summed E-state index contributed by atoms with van der Waals surface area (Å²) in [5.41, 5.74) is 1.85. The predicted molar refractivity (Wildman–Crippen MR) is 82.5 cm³/mol. The average Bonchev–Trinajstić information content (AvgIpc) is 2.50. The van der Waals surface area contributed by atoms with Gasteiger partial charge in [-0.25, -0.2) is 4.39 Å². The first-order valence-corrected chi connectivity index (χ1v) is 6.79. The normalized spacial score (nSPS) is 10.7. The second-order valence-electron chi connectivity index (χ2n) is 4.81. The summed E-state index contributed by atoms with van der Waals surface area (Å²) in [7, 11) is 0. The quantitative estimate of drug-likeness (QED) is 0.725. The van der Waals surface area contributed by atoms with Gasteiger partial charge < -0.3 is 5.32 Å². The molecule has 1 N–H and O–H groups in total. The highest BCUT2D eigenvalue weighted by molar-refractivity contribution is 5.94. The Bertz CT molecular complexity index is 707. The zero-order valence-electron chi connectivity index (χ0n) is 11.1. The highest BCUT2D eigenvalue weighted by Gasteiger charge is 2.06. The van der Waals surface area contributed by atoms with Gasteiger partial charge in [-0.2, -0.15) is 0 Å². The van der Waals surface area contributed by atoms with E-state index in [0.717, 1.165) is 23.7 Å². The van der Waals surface area contributed by atoms with Crippen LogP contribution in [0.4, 0.5) is 10.1 Å². The van der Waals surface area contributed by atoms with Crippen LogP contribution in [0, 0.1) is 5.82 Å². The molecule has 2 heteroatoms. The minimum Gasteiger partial charge on any atom is -0.382 e. The molecule has 0 spiro atoms. The molecule has 0 atom stereocenters. The molecule has 0 fully saturated rings. The molecule has 0 unspecified atom stereocenters. The Morgan fingerprint density at radius 1 is 0.800 bits per heavy atom. The number of halogens is 1. The minimum atomic E-state index is -0.197. The van der Waals surface area contributed by atoms with Gasteiger partial charge in [0.15, 0.2) is 0 Å². The van der Waals surface area contributed by atoms with Gasteiger partial charge >= 0.3 is 0 Å². The van der Waals surface area contributed by atoms with Crippen molar-refractivity contribution in [3.8, 4) is 0 Å². The van der Waals surface area contributed by atoms with Gasteiger partial charge in [0.25, 0.3) is 0 Å². The summed E-state index contributed by atoms with van der Waals surface area (Å²) < 4.78 is 14.0. The van der Waals surface area contributed by atoms with Crippen LogP contribution in [0.3, 0.4) is 0 Å². The average molecular weight is 265 g/mol. The van der Waals surface area contributed by atoms with E-state index < -0.39 is 0 Å². The lowest BCUT2D eigenvalue weighted by Gasteiger charge is -2.11. The fraction of sp³-hybridized carbons (Fsp3) is 0.111. The minimum absolute atomic E-state index is 0.197. The number of nitrogens with one attached hydrogen (secondary N) is 1. The number of fused-ring (bicyclic) bond motifs is 1. The summed E-state index contributed by atoms with van der Waals surface area (Å²) in [4.78, 5) is 0. The smallest absolute Gasteiger partial charge is 0.146 e. The Hall–Kier alpha value is -2.35. The van der Waals surface area contributed by atoms with Crippen LogP contribution >= 0.6 is 0 Å². The predicted octanol–water partition coefficient (Wildman–Crippen LogP) is 4.63. The SMILES string of the molecule is Fc1ccc2ccccc2c1NCCc1ccccc1. The van der Waals surface area contributed by atoms with Crippen molar-refractivity contribution in [2.24, 2.45) is 0 Å². The molecule has 1 nitrogen and oxygen atoms in total. The fourth-order valence-corrected chi connectivity index (χ4v) is 2.40. The molecule has 0 aliphatic heterocycles. The Kier molecular flexibility index (Phi) is 3.64. The lowest BCUT2D eigenvalue weighted by molar-refractivity contribution is 0.632. The van der Waals surface area contributed by atoms with Gasteiger partial charge in [-0.3, -0.25) is 0 Å². The number of benzene rings is 3. The molecule has 100 valence electrons. The maximum Gasteiger partial charge on any atom is 0.146 e. The Morgan fingerprint density at radius 3 is 2.40 bits per heavy atom. The van der Waals surface area contributed by atoms with Crippen LogP contribution in [0.15, 0.2) is 66.7 Å². The van der Waals surface area contributed by atoms with E-state index >= 15 is 0 Å². The summed E-state index contributed by atoms with van der Waals surface area (Å²) >= 11 is 0. The molecule has 0 saturated carbocycles. The molecule has 3 rings (SSSR count). The standard InChI is InChI=1S/C18H16FN/c19-17-11-10-15-8-4-5-9-16(15)18(17)20-13-12-14-6-2-1-3-7-14/h1-11,20H,12-13H2. The van der Waals surface area contributed by atoms with E-state index in [-0.39, 0.29) is 5.82 Å². The maximum absolute atomic E-state index is 14.0. The van der Waals surface area contributed by atoms with E-state index in [9.17, 15) is 4.39 Å². The first-order valence-electron chi connectivity index (χ1n) is 6.79. The first-order chi connectivity index (χ1) is 9.84. The van der Waals surface area contributed by atoms with E-state index in [1.165, 1.54) is 11.6 Å². The second-order valence-corrected chi connectivity index (χ2v) is 4.81. The molecule has 3 aromatic carbocycles. The van der Waals surface area contributed by atoms with Crippen molar-refractivity contribution >= 4 is 16.5 Å². The third-order valence-electron chi connectivity index (χ3n) is 3.44. The number of hydrogen-bond acceptors (Lipinski definition) is 1. The second kappa shape index (κ2) is 5.74. The van der Waals surface area contributed by atoms with Crippen LogP contribution < -0.4 is 5.32 Å². The van der Waals surface area contributed by atoms with Crippen LogP contribution in [0.1, 0.15) is 5.56 Å². The highest BCUT2D eigenvalue weighted by Crippen LogP contribution is 2.26. The molecular formula is C18H16FN. The molecule has 0 bridgehead atoms. The van der Waals surface area contributed by atoms with Crippen LogP contribution in [-0.2, 0) is 6.42 Å². The molecule has 0 aliphatic rings. The molecule has 0 saturated heterocycles. The zero-order valence-corrected chi connectivity index (χ0v) is 11.1. The van der Waals surface area contributed by atoms with Crippen LogP contribution in [0.5, 0.6) is 0 Å². The Labute approximate surface area is 118 Å². The van der Waals surface area contributed by atoms with Crippen molar-refractivity contribution in [3.63, 3.8) is 0 Å². The van der Waals surface area contributed by atoms with Crippen molar-refractivity contribution in [3.05, 3.63) is 78.1 Å². The van der Waals surface area contributed by atoms with E-state index in [1.807, 2.05) is 48.5 Å². The van der Waals surface area contributed by atoms with Crippen molar-refractivity contribution < 1.29 is 4.39 Å². The number of rotatable bonds is 4. The van der Waals surface area contributed by atoms with Gasteiger partial charge in [0.2, 0.25) is 0 Å². The third kappa shape index (κ3) is 2.64. The van der Waals surface area contributed by atoms with E-state index in [2.05, 4.69) is 17.4 Å². The summed E-state index contributed by atoms with van der Waals surface area (Å²) in [6, 6.07) is 21.4. The van der Waals surface area contributed by atoms with E-state index in [0.29, 0.717) is 5.69 Å². The van der Waals surface area contributed by atoms with Crippen molar-refractivity contribution in [2.75, 3.05) is 11.9 Å². The molecule has 0 amide bonds. The molecule has 0 radical (unpaired) electrons. The van der Waals surface area contributed by atoms with Crippen LogP contribution in [-0.4, -0.2) is 6.54 Å². The van der Waals surface area contributed by atoms with Crippen molar-refractivity contribution in [2.45, 2.75) is 6.42 Å². The van der Waals surface area contributed by atoms with E-state index in [1.54, 1.807) is 0 Å². The Balaban J connectivity index is 1.79. The summed E-state index contributed by atoms with van der Waals surface area (Å²) in [6.45, 7) is 0.717. The molecular weight excluding hydrogens is 249 g/mol. The van der Waals surface area contributed by atoms with Crippen molar-refractivity contribution in [1.82, 2.24) is 0 Å².